The van der Waals surface area contributed by atoms with Crippen LogP contribution in [0.3, 0.4) is 0 Å². The van der Waals surface area contributed by atoms with E-state index in [1.54, 1.807) is 30.5 Å². The lowest BCUT2D eigenvalue weighted by Gasteiger charge is -2.04. The van der Waals surface area contributed by atoms with Crippen LogP contribution in [0, 0.1) is 0 Å². The van der Waals surface area contributed by atoms with Crippen LogP contribution in [0.15, 0.2) is 64.4 Å². The zero-order chi connectivity index (χ0) is 18.5. The maximum atomic E-state index is 12.3. The van der Waals surface area contributed by atoms with Gasteiger partial charge in [-0.15, -0.1) is 0 Å². The minimum absolute atomic E-state index is 0.00552. The number of imidazole rings is 1. The number of amides is 1. The summed E-state index contributed by atoms with van der Waals surface area (Å²) in [5.41, 5.74) is 3.22. The molecule has 0 fully saturated rings. The van der Waals surface area contributed by atoms with Gasteiger partial charge in [-0.3, -0.25) is 9.59 Å². The summed E-state index contributed by atoms with van der Waals surface area (Å²) >= 11 is 4.78. The zero-order valence-corrected chi connectivity index (χ0v) is 16.4. The third-order valence-corrected chi connectivity index (χ3v) is 4.99. The second-order valence-electron chi connectivity index (χ2n) is 5.58. The topological polar surface area (TPSA) is 74.8 Å². The summed E-state index contributed by atoms with van der Waals surface area (Å²) in [6, 6.07) is 14.8. The molecule has 0 saturated heterocycles. The number of H-pyrrole nitrogens is 1. The van der Waals surface area contributed by atoms with Crippen molar-refractivity contribution in [2.24, 2.45) is 0 Å². The molecule has 2 N–H and O–H groups in total. The predicted molar refractivity (Wildman–Crippen MR) is 108 cm³/mol. The minimum atomic E-state index is -0.140. The van der Waals surface area contributed by atoms with Crippen molar-refractivity contribution in [1.82, 2.24) is 9.97 Å². The number of aromatic amines is 1. The van der Waals surface area contributed by atoms with Gasteiger partial charge in [0.25, 0.3) is 0 Å². The third-order valence-electron chi connectivity index (χ3n) is 3.57. The summed E-state index contributed by atoms with van der Waals surface area (Å²) < 4.78 is 1.02. The average Bonchev–Trinajstić information content (AvgIpc) is 3.09. The van der Waals surface area contributed by atoms with Crippen LogP contribution in [0.5, 0.6) is 0 Å². The Morgan fingerprint density at radius 2 is 1.81 bits per heavy atom. The molecule has 1 amide bonds. The van der Waals surface area contributed by atoms with Crippen LogP contribution >= 0.6 is 27.7 Å². The first kappa shape index (κ1) is 18.4. The lowest BCUT2D eigenvalue weighted by atomic mass is 10.1. The minimum Gasteiger partial charge on any atom is -0.333 e. The van der Waals surface area contributed by atoms with Gasteiger partial charge in [0.2, 0.25) is 5.91 Å². The molecular weight excluding hydrogens is 414 g/mol. The highest BCUT2D eigenvalue weighted by atomic mass is 79.9. The molecule has 1 heterocycles. The zero-order valence-electron chi connectivity index (χ0n) is 14.0. The fourth-order valence-electron chi connectivity index (χ4n) is 2.31. The van der Waals surface area contributed by atoms with Crippen molar-refractivity contribution in [3.05, 3.63) is 64.8 Å². The van der Waals surface area contributed by atoms with Gasteiger partial charge in [0, 0.05) is 22.6 Å². The van der Waals surface area contributed by atoms with E-state index in [1.165, 1.54) is 18.7 Å². The van der Waals surface area contributed by atoms with Crippen molar-refractivity contribution in [2.75, 3.05) is 11.1 Å². The van der Waals surface area contributed by atoms with E-state index >= 15 is 0 Å². The number of hydrogen-bond donors (Lipinski definition) is 2. The van der Waals surface area contributed by atoms with Crippen LogP contribution in [0.4, 0.5) is 5.69 Å². The van der Waals surface area contributed by atoms with Crippen LogP contribution in [0.1, 0.15) is 17.3 Å². The number of nitrogens with zero attached hydrogens (tertiary/aromatic N) is 1. The van der Waals surface area contributed by atoms with Crippen LogP contribution in [0.25, 0.3) is 11.3 Å². The standard InChI is InChI=1S/C19H16BrN3O2S/c1-12(24)22-16-8-4-14(5-9-16)18(25)11-26-19-21-10-17(23-19)13-2-6-15(20)7-3-13/h2-10H,11H2,1H3,(H,21,23)(H,22,24). The van der Waals surface area contributed by atoms with E-state index in [2.05, 4.69) is 31.2 Å². The Morgan fingerprint density at radius 3 is 2.46 bits per heavy atom. The number of hydrogen-bond acceptors (Lipinski definition) is 4. The number of anilines is 1. The van der Waals surface area contributed by atoms with Gasteiger partial charge in [0.1, 0.15) is 0 Å². The maximum absolute atomic E-state index is 12.3. The highest BCUT2D eigenvalue weighted by Crippen LogP contribution is 2.23. The Labute approximate surface area is 163 Å². The third kappa shape index (κ3) is 4.83. The van der Waals surface area contributed by atoms with Crippen molar-refractivity contribution in [2.45, 2.75) is 12.1 Å². The molecule has 0 unspecified atom stereocenters. The Kier molecular flexibility index (Phi) is 5.90. The van der Waals surface area contributed by atoms with E-state index in [0.717, 1.165) is 15.7 Å². The number of benzene rings is 2. The molecule has 26 heavy (non-hydrogen) atoms. The first-order chi connectivity index (χ1) is 12.5. The number of Topliss-reactive ketones (excluding diaryl/α,β-unsaturated/α-hetero) is 1. The van der Waals surface area contributed by atoms with Gasteiger partial charge in [-0.05, 0) is 42.0 Å². The van der Waals surface area contributed by atoms with Crippen molar-refractivity contribution in [3.8, 4) is 11.3 Å². The number of halogens is 1. The molecule has 0 aliphatic rings. The largest absolute Gasteiger partial charge is 0.333 e. The molecule has 5 nitrogen and oxygen atoms in total. The Balaban J connectivity index is 1.59. The van der Waals surface area contributed by atoms with Gasteiger partial charge in [-0.1, -0.05) is 39.8 Å². The van der Waals surface area contributed by atoms with Gasteiger partial charge in [0.05, 0.1) is 17.6 Å². The summed E-state index contributed by atoms with van der Waals surface area (Å²) in [4.78, 5) is 30.9. The molecule has 0 bridgehead atoms. The molecule has 132 valence electrons. The normalized spacial score (nSPS) is 10.5. The number of carbonyl (C=O) groups is 2. The summed E-state index contributed by atoms with van der Waals surface area (Å²) in [6.07, 6.45) is 1.76. The maximum Gasteiger partial charge on any atom is 0.221 e. The number of aromatic nitrogens is 2. The smallest absolute Gasteiger partial charge is 0.221 e. The van der Waals surface area contributed by atoms with Crippen LogP contribution in [0.2, 0.25) is 0 Å². The lowest BCUT2D eigenvalue weighted by molar-refractivity contribution is -0.114. The van der Waals surface area contributed by atoms with Crippen LogP contribution < -0.4 is 5.32 Å². The average molecular weight is 430 g/mol. The number of ketones is 1. The molecule has 0 saturated carbocycles. The van der Waals surface area contributed by atoms with Gasteiger partial charge in [-0.2, -0.15) is 0 Å². The van der Waals surface area contributed by atoms with E-state index in [9.17, 15) is 9.59 Å². The van der Waals surface area contributed by atoms with E-state index < -0.39 is 0 Å². The highest BCUT2D eigenvalue weighted by molar-refractivity contribution is 9.10. The Morgan fingerprint density at radius 1 is 1.12 bits per heavy atom. The van der Waals surface area contributed by atoms with Crippen LogP contribution in [-0.4, -0.2) is 27.4 Å². The van der Waals surface area contributed by atoms with Crippen molar-refractivity contribution >= 4 is 45.1 Å². The molecule has 2 aromatic carbocycles. The monoisotopic (exact) mass is 429 g/mol. The second kappa shape index (κ2) is 8.33. The predicted octanol–water partition coefficient (Wildman–Crippen LogP) is 4.77. The lowest BCUT2D eigenvalue weighted by Crippen LogP contribution is -2.07. The quantitative estimate of drug-likeness (QED) is 0.436. The fourth-order valence-corrected chi connectivity index (χ4v) is 3.32. The van der Waals surface area contributed by atoms with Gasteiger partial charge in [-0.25, -0.2) is 4.98 Å². The van der Waals surface area contributed by atoms with Gasteiger partial charge < -0.3 is 10.3 Å². The molecule has 7 heteroatoms. The van der Waals surface area contributed by atoms with E-state index in [0.29, 0.717) is 16.4 Å². The molecular formula is C19H16BrN3O2S. The van der Waals surface area contributed by atoms with Crippen LogP contribution in [-0.2, 0) is 4.79 Å². The van der Waals surface area contributed by atoms with Gasteiger partial charge >= 0.3 is 0 Å². The second-order valence-corrected chi connectivity index (χ2v) is 7.46. The van der Waals surface area contributed by atoms with Crippen molar-refractivity contribution in [1.29, 1.82) is 0 Å². The first-order valence-corrected chi connectivity index (χ1v) is 9.64. The molecule has 3 aromatic rings. The van der Waals surface area contributed by atoms with E-state index in [4.69, 9.17) is 0 Å². The van der Waals surface area contributed by atoms with E-state index in [-0.39, 0.29) is 17.4 Å². The Bertz CT molecular complexity index is 921. The molecule has 0 atom stereocenters. The molecule has 0 aliphatic heterocycles. The summed E-state index contributed by atoms with van der Waals surface area (Å²) in [6.45, 7) is 1.45. The SMILES string of the molecule is CC(=O)Nc1ccc(C(=O)CSc2ncc(-c3ccc(Br)cc3)[nH]2)cc1. The van der Waals surface area contributed by atoms with Gasteiger partial charge in [0.15, 0.2) is 10.9 Å². The Hall–Kier alpha value is -2.38. The molecule has 0 aliphatic carbocycles. The number of rotatable bonds is 6. The summed E-state index contributed by atoms with van der Waals surface area (Å²) in [7, 11) is 0. The molecule has 3 rings (SSSR count). The van der Waals surface area contributed by atoms with Crippen molar-refractivity contribution < 1.29 is 9.59 Å². The highest BCUT2D eigenvalue weighted by Gasteiger charge is 2.10. The fraction of sp³-hybridized carbons (Fsp3) is 0.105. The molecule has 0 spiro atoms. The van der Waals surface area contributed by atoms with E-state index in [1.807, 2.05) is 24.3 Å². The summed E-state index contributed by atoms with van der Waals surface area (Å²) in [5, 5.41) is 3.38. The summed E-state index contributed by atoms with van der Waals surface area (Å²) in [5.74, 6) is 0.150. The number of thioether (sulfide) groups is 1. The number of nitrogens with one attached hydrogen (secondary N) is 2. The van der Waals surface area contributed by atoms with Crippen molar-refractivity contribution in [3.63, 3.8) is 0 Å². The molecule has 1 aromatic heterocycles. The first-order valence-electron chi connectivity index (χ1n) is 7.86. The number of carbonyl (C=O) groups excluding carboxylic acids is 2. The molecule has 0 radical (unpaired) electrons.